The van der Waals surface area contributed by atoms with Gasteiger partial charge in [-0.3, -0.25) is 4.98 Å². The molecule has 0 radical (unpaired) electrons. The third-order valence-electron chi connectivity index (χ3n) is 10.4. The van der Waals surface area contributed by atoms with E-state index in [9.17, 15) is 0 Å². The van der Waals surface area contributed by atoms with E-state index >= 15 is 0 Å². The molecule has 10 rings (SSSR count). The van der Waals surface area contributed by atoms with Crippen LogP contribution in [0.5, 0.6) is 0 Å². The summed E-state index contributed by atoms with van der Waals surface area (Å²) >= 11 is 0. The Kier molecular flexibility index (Phi) is 8.47. The Hall–Kier alpha value is -7.56. The molecule has 10 aromatic rings. The van der Waals surface area contributed by atoms with Gasteiger partial charge in [0.2, 0.25) is 0 Å². The minimum absolute atomic E-state index is 0.629. The Morgan fingerprint density at radius 1 is 0.268 bits per heavy atom. The molecule has 0 bridgehead atoms. The van der Waals surface area contributed by atoms with E-state index in [1.54, 1.807) is 0 Å². The highest BCUT2D eigenvalue weighted by Gasteiger charge is 2.14. The molecule has 0 unspecified atom stereocenters. The van der Waals surface area contributed by atoms with Gasteiger partial charge in [0.1, 0.15) is 0 Å². The summed E-state index contributed by atoms with van der Waals surface area (Å²) in [5.74, 6) is 1.90. The first kappa shape index (κ1) is 33.0. The molecule has 4 nitrogen and oxygen atoms in total. The SMILES string of the molecule is c1ccc(-c2ccc(-c3nc(-c4ccccc4)nc(-c4cccc(-c5cccc(-c6cccc(-c7cccc8c7ccc7cccnc78)c6)c5)c4)n3)cc2)cc1. The molecule has 0 N–H and O–H groups in total. The highest BCUT2D eigenvalue weighted by molar-refractivity contribution is 6.10. The van der Waals surface area contributed by atoms with Gasteiger partial charge in [0.15, 0.2) is 17.5 Å². The van der Waals surface area contributed by atoms with Crippen LogP contribution in [0.1, 0.15) is 0 Å². The molecule has 0 aliphatic rings. The monoisotopic (exact) mass is 714 g/mol. The van der Waals surface area contributed by atoms with E-state index in [-0.39, 0.29) is 0 Å². The molecular formula is C52H34N4. The maximum atomic E-state index is 5.05. The van der Waals surface area contributed by atoms with Crippen LogP contribution in [0.2, 0.25) is 0 Å². The first-order chi connectivity index (χ1) is 27.7. The van der Waals surface area contributed by atoms with Gasteiger partial charge in [-0.2, -0.15) is 0 Å². The quantitative estimate of drug-likeness (QED) is 0.154. The van der Waals surface area contributed by atoms with Gasteiger partial charge in [0.25, 0.3) is 0 Å². The summed E-state index contributed by atoms with van der Waals surface area (Å²) in [5.41, 5.74) is 13.0. The predicted molar refractivity (Wildman–Crippen MR) is 231 cm³/mol. The van der Waals surface area contributed by atoms with Gasteiger partial charge >= 0.3 is 0 Å². The number of pyridine rings is 1. The minimum atomic E-state index is 0.629. The summed E-state index contributed by atoms with van der Waals surface area (Å²) in [5, 5.41) is 3.51. The third-order valence-corrected chi connectivity index (χ3v) is 10.4. The van der Waals surface area contributed by atoms with Gasteiger partial charge in [-0.05, 0) is 74.2 Å². The lowest BCUT2D eigenvalue weighted by molar-refractivity contribution is 1.07. The zero-order chi connectivity index (χ0) is 37.3. The zero-order valence-corrected chi connectivity index (χ0v) is 30.4. The van der Waals surface area contributed by atoms with Gasteiger partial charge < -0.3 is 0 Å². The van der Waals surface area contributed by atoms with Crippen LogP contribution < -0.4 is 0 Å². The number of aromatic nitrogens is 4. The Morgan fingerprint density at radius 3 is 1.39 bits per heavy atom. The van der Waals surface area contributed by atoms with Crippen LogP contribution in [-0.2, 0) is 0 Å². The Balaban J connectivity index is 1.00. The topological polar surface area (TPSA) is 51.6 Å². The van der Waals surface area contributed by atoms with Gasteiger partial charge in [0.05, 0.1) is 5.52 Å². The molecule has 262 valence electrons. The van der Waals surface area contributed by atoms with Crippen LogP contribution in [-0.4, -0.2) is 19.9 Å². The molecule has 0 saturated heterocycles. The normalized spacial score (nSPS) is 11.2. The number of nitrogens with zero attached hydrogens (tertiary/aromatic N) is 4. The molecule has 0 aliphatic heterocycles. The predicted octanol–water partition coefficient (Wildman–Crippen LogP) is 13.2. The number of hydrogen-bond donors (Lipinski definition) is 0. The summed E-state index contributed by atoms with van der Waals surface area (Å²) in [6, 6.07) is 70.0. The summed E-state index contributed by atoms with van der Waals surface area (Å²) in [6.07, 6.45) is 1.87. The zero-order valence-electron chi connectivity index (χ0n) is 30.4. The molecule has 0 saturated carbocycles. The molecule has 2 heterocycles. The Labute approximate surface area is 325 Å². The van der Waals surface area contributed by atoms with Crippen molar-refractivity contribution in [2.75, 3.05) is 0 Å². The first-order valence-electron chi connectivity index (χ1n) is 18.8. The first-order valence-corrected chi connectivity index (χ1v) is 18.8. The second kappa shape index (κ2) is 14.3. The third kappa shape index (κ3) is 6.40. The average Bonchev–Trinajstić information content (AvgIpc) is 3.29. The van der Waals surface area contributed by atoms with Crippen molar-refractivity contribution >= 4 is 21.7 Å². The van der Waals surface area contributed by atoms with E-state index in [1.807, 2.05) is 48.7 Å². The van der Waals surface area contributed by atoms with E-state index in [0.29, 0.717) is 17.5 Å². The van der Waals surface area contributed by atoms with E-state index < -0.39 is 0 Å². The van der Waals surface area contributed by atoms with Crippen molar-refractivity contribution in [2.24, 2.45) is 0 Å². The molecule has 8 aromatic carbocycles. The maximum Gasteiger partial charge on any atom is 0.164 e. The fourth-order valence-electron chi connectivity index (χ4n) is 7.53. The highest BCUT2D eigenvalue weighted by Crippen LogP contribution is 2.36. The molecule has 56 heavy (non-hydrogen) atoms. The van der Waals surface area contributed by atoms with E-state index in [4.69, 9.17) is 19.9 Å². The van der Waals surface area contributed by atoms with Gasteiger partial charge in [-0.15, -0.1) is 0 Å². The van der Waals surface area contributed by atoms with Crippen molar-refractivity contribution in [2.45, 2.75) is 0 Å². The van der Waals surface area contributed by atoms with E-state index in [0.717, 1.165) is 60.8 Å². The summed E-state index contributed by atoms with van der Waals surface area (Å²) in [6.45, 7) is 0. The summed E-state index contributed by atoms with van der Waals surface area (Å²) < 4.78 is 0. The molecule has 2 aromatic heterocycles. The van der Waals surface area contributed by atoms with Crippen molar-refractivity contribution in [3.63, 3.8) is 0 Å². The molecule has 0 amide bonds. The Bertz CT molecular complexity index is 3010. The van der Waals surface area contributed by atoms with Crippen molar-refractivity contribution in [1.29, 1.82) is 0 Å². The standard InChI is InChI=1S/C52H34N4/c1-3-12-35(13-4-1)36-25-27-39(28-26-36)51-54-50(38-14-5-2-6-15-38)55-52(56-51)45-21-9-19-43(34-45)41-17-7-16-40(32-41)42-18-8-20-44(33-42)46-23-10-24-48-47(46)30-29-37-22-11-31-53-49(37)48/h1-34H. The second-order valence-electron chi connectivity index (χ2n) is 13.9. The highest BCUT2D eigenvalue weighted by atomic mass is 15.0. The van der Waals surface area contributed by atoms with Crippen LogP contribution in [0.3, 0.4) is 0 Å². The van der Waals surface area contributed by atoms with Gasteiger partial charge in [0, 0.05) is 33.7 Å². The molecule has 0 spiro atoms. The minimum Gasteiger partial charge on any atom is -0.256 e. The number of fused-ring (bicyclic) bond motifs is 3. The molecule has 0 fully saturated rings. The summed E-state index contributed by atoms with van der Waals surface area (Å²) in [4.78, 5) is 19.7. The molecule has 0 atom stereocenters. The lowest BCUT2D eigenvalue weighted by Gasteiger charge is -2.12. The van der Waals surface area contributed by atoms with Crippen LogP contribution in [0.15, 0.2) is 206 Å². The fourth-order valence-corrected chi connectivity index (χ4v) is 7.53. The van der Waals surface area contributed by atoms with Crippen LogP contribution in [0.25, 0.3) is 100 Å². The Morgan fingerprint density at radius 2 is 0.732 bits per heavy atom. The number of rotatable bonds is 7. The van der Waals surface area contributed by atoms with Crippen LogP contribution in [0, 0.1) is 0 Å². The molecule has 0 aliphatic carbocycles. The molecule has 4 heteroatoms. The van der Waals surface area contributed by atoms with Gasteiger partial charge in [-0.25, -0.2) is 15.0 Å². The number of hydrogen-bond acceptors (Lipinski definition) is 4. The van der Waals surface area contributed by atoms with Crippen molar-refractivity contribution in [3.05, 3.63) is 206 Å². The lowest BCUT2D eigenvalue weighted by atomic mass is 9.93. The van der Waals surface area contributed by atoms with Crippen molar-refractivity contribution < 1.29 is 0 Å². The lowest BCUT2D eigenvalue weighted by Crippen LogP contribution is -2.00. The fraction of sp³-hybridized carbons (Fsp3) is 0. The van der Waals surface area contributed by atoms with Gasteiger partial charge in [-0.1, -0.05) is 176 Å². The number of benzene rings is 8. The van der Waals surface area contributed by atoms with Crippen LogP contribution in [0.4, 0.5) is 0 Å². The largest absolute Gasteiger partial charge is 0.256 e. The smallest absolute Gasteiger partial charge is 0.164 e. The van der Waals surface area contributed by atoms with E-state index in [2.05, 4.69) is 158 Å². The molecular weight excluding hydrogens is 681 g/mol. The average molecular weight is 715 g/mol. The van der Waals surface area contributed by atoms with Crippen LogP contribution >= 0.6 is 0 Å². The van der Waals surface area contributed by atoms with E-state index in [1.165, 1.54) is 22.1 Å². The van der Waals surface area contributed by atoms with Crippen molar-refractivity contribution in [1.82, 2.24) is 19.9 Å². The maximum absolute atomic E-state index is 5.05. The summed E-state index contributed by atoms with van der Waals surface area (Å²) in [7, 11) is 0. The van der Waals surface area contributed by atoms with Crippen molar-refractivity contribution in [3.8, 4) is 78.7 Å². The second-order valence-corrected chi connectivity index (χ2v) is 13.9.